The highest BCUT2D eigenvalue weighted by Crippen LogP contribution is 2.17. The molecule has 0 radical (unpaired) electrons. The Morgan fingerprint density at radius 3 is 2.80 bits per heavy atom. The standard InChI is InChI=1S/C16H23NO3/c1-12-10-17(8-3-9-20-12)11-14-4-6-15(7-5-14)13(2)16(18)19/h4-7,12-13H,3,8-11H2,1-2H3,(H,18,19). The van der Waals surface area contributed by atoms with E-state index in [-0.39, 0.29) is 6.10 Å². The van der Waals surface area contributed by atoms with Crippen LogP contribution < -0.4 is 0 Å². The van der Waals surface area contributed by atoms with Crippen LogP contribution >= 0.6 is 0 Å². The van der Waals surface area contributed by atoms with E-state index in [1.807, 2.05) is 24.3 Å². The van der Waals surface area contributed by atoms with E-state index in [4.69, 9.17) is 9.84 Å². The molecule has 2 unspecified atom stereocenters. The van der Waals surface area contributed by atoms with E-state index in [0.717, 1.165) is 38.2 Å². The zero-order valence-corrected chi connectivity index (χ0v) is 12.2. The van der Waals surface area contributed by atoms with Gasteiger partial charge in [-0.3, -0.25) is 9.69 Å². The number of hydrogen-bond donors (Lipinski definition) is 1. The van der Waals surface area contributed by atoms with E-state index in [9.17, 15) is 4.79 Å². The molecule has 1 fully saturated rings. The fourth-order valence-corrected chi connectivity index (χ4v) is 2.54. The predicted octanol–water partition coefficient (Wildman–Crippen LogP) is 2.49. The summed E-state index contributed by atoms with van der Waals surface area (Å²) in [5, 5.41) is 9.00. The molecule has 1 aromatic rings. The first-order valence-electron chi connectivity index (χ1n) is 7.22. The van der Waals surface area contributed by atoms with Gasteiger partial charge >= 0.3 is 5.97 Å². The number of nitrogens with zero attached hydrogens (tertiary/aromatic N) is 1. The molecule has 4 nitrogen and oxygen atoms in total. The lowest BCUT2D eigenvalue weighted by Gasteiger charge is -2.22. The molecule has 20 heavy (non-hydrogen) atoms. The minimum Gasteiger partial charge on any atom is -0.481 e. The highest BCUT2D eigenvalue weighted by Gasteiger charge is 2.16. The highest BCUT2D eigenvalue weighted by molar-refractivity contribution is 5.75. The van der Waals surface area contributed by atoms with Crippen LogP contribution in [0.15, 0.2) is 24.3 Å². The molecule has 0 saturated carbocycles. The van der Waals surface area contributed by atoms with Crippen molar-refractivity contribution in [3.8, 4) is 0 Å². The quantitative estimate of drug-likeness (QED) is 0.918. The molecular weight excluding hydrogens is 254 g/mol. The summed E-state index contributed by atoms with van der Waals surface area (Å²) in [7, 11) is 0. The number of carboxylic acid groups (broad SMARTS) is 1. The van der Waals surface area contributed by atoms with Gasteiger partial charge in [-0.25, -0.2) is 0 Å². The fourth-order valence-electron chi connectivity index (χ4n) is 2.54. The summed E-state index contributed by atoms with van der Waals surface area (Å²) in [6.45, 7) is 7.56. The van der Waals surface area contributed by atoms with Crippen molar-refractivity contribution < 1.29 is 14.6 Å². The molecule has 4 heteroatoms. The Labute approximate surface area is 120 Å². The van der Waals surface area contributed by atoms with E-state index >= 15 is 0 Å². The maximum absolute atomic E-state index is 11.0. The Morgan fingerprint density at radius 2 is 2.15 bits per heavy atom. The summed E-state index contributed by atoms with van der Waals surface area (Å²) in [5.74, 6) is -1.23. The van der Waals surface area contributed by atoms with Crippen molar-refractivity contribution in [2.24, 2.45) is 0 Å². The van der Waals surface area contributed by atoms with Crippen molar-refractivity contribution in [3.05, 3.63) is 35.4 Å². The second kappa shape index (κ2) is 6.86. The predicted molar refractivity (Wildman–Crippen MR) is 77.8 cm³/mol. The molecule has 110 valence electrons. The number of benzene rings is 1. The summed E-state index contributed by atoms with van der Waals surface area (Å²) in [6.07, 6.45) is 1.35. The van der Waals surface area contributed by atoms with E-state index in [1.54, 1.807) is 6.92 Å². The van der Waals surface area contributed by atoms with Crippen LogP contribution in [0.4, 0.5) is 0 Å². The van der Waals surface area contributed by atoms with Crippen LogP contribution in [0, 0.1) is 0 Å². The third-order valence-corrected chi connectivity index (χ3v) is 3.79. The van der Waals surface area contributed by atoms with Crippen molar-refractivity contribution in [3.63, 3.8) is 0 Å². The average molecular weight is 277 g/mol. The number of carboxylic acids is 1. The molecule has 0 aromatic heterocycles. The third-order valence-electron chi connectivity index (χ3n) is 3.79. The van der Waals surface area contributed by atoms with Gasteiger partial charge in [-0.05, 0) is 31.4 Å². The summed E-state index contributed by atoms with van der Waals surface area (Å²) >= 11 is 0. The van der Waals surface area contributed by atoms with Gasteiger partial charge in [0.25, 0.3) is 0 Å². The van der Waals surface area contributed by atoms with Crippen LogP contribution in [0.5, 0.6) is 0 Å². The lowest BCUT2D eigenvalue weighted by Crippen LogP contribution is -2.29. The number of aliphatic carboxylic acids is 1. The zero-order chi connectivity index (χ0) is 14.5. The van der Waals surface area contributed by atoms with Crippen LogP contribution in [0.25, 0.3) is 0 Å². The Hall–Kier alpha value is -1.39. The largest absolute Gasteiger partial charge is 0.481 e. The monoisotopic (exact) mass is 277 g/mol. The zero-order valence-electron chi connectivity index (χ0n) is 12.2. The summed E-state index contributed by atoms with van der Waals surface area (Å²) in [6, 6.07) is 7.91. The maximum Gasteiger partial charge on any atom is 0.310 e. The minimum atomic E-state index is -0.781. The van der Waals surface area contributed by atoms with Gasteiger partial charge in [0.1, 0.15) is 0 Å². The van der Waals surface area contributed by atoms with Crippen molar-refractivity contribution in [1.29, 1.82) is 0 Å². The number of carbonyl (C=O) groups is 1. The second-order valence-corrected chi connectivity index (χ2v) is 5.57. The lowest BCUT2D eigenvalue weighted by molar-refractivity contribution is -0.138. The minimum absolute atomic E-state index is 0.281. The Balaban J connectivity index is 1.97. The van der Waals surface area contributed by atoms with E-state index in [1.165, 1.54) is 5.56 Å². The van der Waals surface area contributed by atoms with Gasteiger partial charge in [0.05, 0.1) is 12.0 Å². The van der Waals surface area contributed by atoms with Gasteiger partial charge in [0.2, 0.25) is 0 Å². The molecule has 1 saturated heterocycles. The van der Waals surface area contributed by atoms with Gasteiger partial charge in [-0.1, -0.05) is 24.3 Å². The molecule has 0 spiro atoms. The molecule has 0 aliphatic carbocycles. The normalized spacial score (nSPS) is 22.2. The molecule has 1 aliphatic heterocycles. The van der Waals surface area contributed by atoms with Crippen molar-refractivity contribution in [2.45, 2.75) is 38.8 Å². The van der Waals surface area contributed by atoms with Gasteiger partial charge in [-0.15, -0.1) is 0 Å². The molecule has 0 amide bonds. The molecule has 1 aromatic carbocycles. The Morgan fingerprint density at radius 1 is 1.45 bits per heavy atom. The van der Waals surface area contributed by atoms with Crippen LogP contribution in [0.2, 0.25) is 0 Å². The fraction of sp³-hybridized carbons (Fsp3) is 0.562. The van der Waals surface area contributed by atoms with Gasteiger partial charge in [0, 0.05) is 26.2 Å². The van der Waals surface area contributed by atoms with E-state index in [0.29, 0.717) is 0 Å². The molecule has 1 heterocycles. The van der Waals surface area contributed by atoms with Crippen molar-refractivity contribution in [1.82, 2.24) is 4.90 Å². The highest BCUT2D eigenvalue weighted by atomic mass is 16.5. The summed E-state index contributed by atoms with van der Waals surface area (Å²) < 4.78 is 5.64. The molecule has 0 bridgehead atoms. The maximum atomic E-state index is 11.0. The number of hydrogen-bond acceptors (Lipinski definition) is 3. The topological polar surface area (TPSA) is 49.8 Å². The SMILES string of the molecule is CC1CN(Cc2ccc(C(C)C(=O)O)cc2)CCCO1. The van der Waals surface area contributed by atoms with Crippen molar-refractivity contribution >= 4 is 5.97 Å². The molecule has 2 atom stereocenters. The van der Waals surface area contributed by atoms with E-state index < -0.39 is 11.9 Å². The first kappa shape index (κ1) is 15.0. The van der Waals surface area contributed by atoms with Gasteiger partial charge in [0.15, 0.2) is 0 Å². The third kappa shape index (κ3) is 4.05. The number of ether oxygens (including phenoxy) is 1. The average Bonchev–Trinajstić information content (AvgIpc) is 2.63. The molecule has 1 N–H and O–H groups in total. The van der Waals surface area contributed by atoms with Gasteiger partial charge < -0.3 is 9.84 Å². The lowest BCUT2D eigenvalue weighted by atomic mass is 10.00. The number of rotatable bonds is 4. The van der Waals surface area contributed by atoms with Crippen LogP contribution in [0.1, 0.15) is 37.3 Å². The van der Waals surface area contributed by atoms with Crippen LogP contribution in [-0.2, 0) is 16.1 Å². The second-order valence-electron chi connectivity index (χ2n) is 5.57. The van der Waals surface area contributed by atoms with Crippen LogP contribution in [0.3, 0.4) is 0 Å². The molecule has 2 rings (SSSR count). The van der Waals surface area contributed by atoms with E-state index in [2.05, 4.69) is 11.8 Å². The summed E-state index contributed by atoms with van der Waals surface area (Å²) in [4.78, 5) is 13.3. The van der Waals surface area contributed by atoms with Crippen molar-refractivity contribution in [2.75, 3.05) is 19.7 Å². The molecule has 1 aliphatic rings. The Kier molecular flexibility index (Phi) is 5.15. The first-order valence-corrected chi connectivity index (χ1v) is 7.22. The van der Waals surface area contributed by atoms with Crippen LogP contribution in [-0.4, -0.2) is 41.8 Å². The Bertz CT molecular complexity index is 444. The van der Waals surface area contributed by atoms with Gasteiger partial charge in [-0.2, -0.15) is 0 Å². The summed E-state index contributed by atoms with van der Waals surface area (Å²) in [5.41, 5.74) is 2.08. The first-order chi connectivity index (χ1) is 9.56. The molecular formula is C16H23NO3. The smallest absolute Gasteiger partial charge is 0.310 e.